The van der Waals surface area contributed by atoms with Crippen LogP contribution in [0.4, 0.5) is 5.69 Å². The Morgan fingerprint density at radius 1 is 1.16 bits per heavy atom. The number of benzene rings is 2. The quantitative estimate of drug-likeness (QED) is 0.699. The van der Waals surface area contributed by atoms with Crippen LogP contribution in [-0.2, 0) is 11.8 Å². The first kappa shape index (κ1) is 15.7. The Morgan fingerprint density at radius 3 is 2.84 bits per heavy atom. The van der Waals surface area contributed by atoms with Crippen LogP contribution < -0.4 is 5.32 Å². The van der Waals surface area contributed by atoms with Crippen molar-refractivity contribution in [3.63, 3.8) is 0 Å². The van der Waals surface area contributed by atoms with Crippen LogP contribution in [0.2, 0.25) is 0 Å². The molecule has 25 heavy (non-hydrogen) atoms. The van der Waals surface area contributed by atoms with Gasteiger partial charge in [-0.05, 0) is 48.5 Å². The van der Waals surface area contributed by atoms with E-state index in [0.717, 1.165) is 27.7 Å². The van der Waals surface area contributed by atoms with E-state index in [0.29, 0.717) is 10.1 Å². The highest BCUT2D eigenvalue weighted by molar-refractivity contribution is 8.18. The number of aliphatic imine (C=N–C) groups is 1. The van der Waals surface area contributed by atoms with Gasteiger partial charge in [0.15, 0.2) is 5.17 Å². The fourth-order valence-electron chi connectivity index (χ4n) is 2.92. The SMILES string of the molecule is Cc1cccc(N=C2NC(=O)C(=Cc3cn(C)c4ccccc34)S2)c1. The zero-order valence-corrected chi connectivity index (χ0v) is 14.8. The number of rotatable bonds is 2. The monoisotopic (exact) mass is 347 g/mol. The van der Waals surface area contributed by atoms with Crippen molar-refractivity contribution < 1.29 is 4.79 Å². The standard InChI is InChI=1S/C20H17N3OS/c1-13-6-5-7-15(10-13)21-20-22-19(24)18(25-20)11-14-12-23(2)17-9-4-3-8-16(14)17/h3-12H,1-2H3,(H,21,22,24). The molecule has 0 saturated carbocycles. The molecule has 1 aliphatic rings. The van der Waals surface area contributed by atoms with E-state index in [-0.39, 0.29) is 5.91 Å². The van der Waals surface area contributed by atoms with Crippen molar-refractivity contribution in [2.75, 3.05) is 0 Å². The Labute approximate surface area is 150 Å². The number of aryl methyl sites for hydroxylation is 2. The summed E-state index contributed by atoms with van der Waals surface area (Å²) in [6.45, 7) is 2.02. The minimum Gasteiger partial charge on any atom is -0.350 e. The third-order valence-corrected chi connectivity index (χ3v) is 5.01. The third kappa shape index (κ3) is 3.10. The van der Waals surface area contributed by atoms with Crippen molar-refractivity contribution in [2.24, 2.45) is 12.0 Å². The van der Waals surface area contributed by atoms with Crippen molar-refractivity contribution in [1.29, 1.82) is 0 Å². The van der Waals surface area contributed by atoms with Crippen LogP contribution in [0.3, 0.4) is 0 Å². The van der Waals surface area contributed by atoms with Crippen LogP contribution in [0.15, 0.2) is 64.6 Å². The van der Waals surface area contributed by atoms with E-state index in [1.165, 1.54) is 11.8 Å². The van der Waals surface area contributed by atoms with E-state index < -0.39 is 0 Å². The first-order valence-electron chi connectivity index (χ1n) is 8.00. The number of amides is 1. The van der Waals surface area contributed by atoms with E-state index in [2.05, 4.69) is 27.0 Å². The van der Waals surface area contributed by atoms with Crippen molar-refractivity contribution in [3.05, 3.63) is 70.8 Å². The molecule has 2 heterocycles. The maximum absolute atomic E-state index is 12.3. The summed E-state index contributed by atoms with van der Waals surface area (Å²) in [5.41, 5.74) is 4.16. The van der Waals surface area contributed by atoms with E-state index >= 15 is 0 Å². The second kappa shape index (κ2) is 6.26. The average molecular weight is 347 g/mol. The van der Waals surface area contributed by atoms with Gasteiger partial charge in [-0.2, -0.15) is 0 Å². The molecule has 1 N–H and O–H groups in total. The minimum absolute atomic E-state index is 0.107. The topological polar surface area (TPSA) is 46.4 Å². The number of nitrogens with zero attached hydrogens (tertiary/aromatic N) is 2. The van der Waals surface area contributed by atoms with Crippen LogP contribution in [0, 0.1) is 6.92 Å². The van der Waals surface area contributed by atoms with Gasteiger partial charge in [0.25, 0.3) is 5.91 Å². The van der Waals surface area contributed by atoms with Gasteiger partial charge in [-0.25, -0.2) is 4.99 Å². The van der Waals surface area contributed by atoms with Gasteiger partial charge in [0.1, 0.15) is 0 Å². The molecule has 1 saturated heterocycles. The molecule has 1 fully saturated rings. The van der Waals surface area contributed by atoms with Crippen LogP contribution in [0.25, 0.3) is 17.0 Å². The summed E-state index contributed by atoms with van der Waals surface area (Å²) in [7, 11) is 2.01. The van der Waals surface area contributed by atoms with E-state index in [1.807, 2.05) is 62.6 Å². The maximum atomic E-state index is 12.3. The number of hydrogen-bond acceptors (Lipinski definition) is 3. The fourth-order valence-corrected chi connectivity index (χ4v) is 3.76. The predicted molar refractivity (Wildman–Crippen MR) is 105 cm³/mol. The third-order valence-electron chi connectivity index (χ3n) is 4.10. The lowest BCUT2D eigenvalue weighted by molar-refractivity contribution is -0.115. The summed E-state index contributed by atoms with van der Waals surface area (Å²) >= 11 is 1.37. The number of nitrogens with one attached hydrogen (secondary N) is 1. The molecular weight excluding hydrogens is 330 g/mol. The molecule has 0 unspecified atom stereocenters. The van der Waals surface area contributed by atoms with Gasteiger partial charge in [-0.1, -0.05) is 30.3 Å². The molecule has 0 atom stereocenters. The van der Waals surface area contributed by atoms with Crippen molar-refractivity contribution in [3.8, 4) is 0 Å². The molecule has 0 bridgehead atoms. The Kier molecular flexibility index (Phi) is 3.93. The lowest BCUT2D eigenvalue weighted by Crippen LogP contribution is -2.19. The molecule has 3 aromatic rings. The van der Waals surface area contributed by atoms with Crippen molar-refractivity contribution in [2.45, 2.75) is 6.92 Å². The summed E-state index contributed by atoms with van der Waals surface area (Å²) in [5.74, 6) is -0.107. The largest absolute Gasteiger partial charge is 0.350 e. The summed E-state index contributed by atoms with van der Waals surface area (Å²) in [4.78, 5) is 17.5. The summed E-state index contributed by atoms with van der Waals surface area (Å²) in [6, 6.07) is 16.1. The number of aromatic nitrogens is 1. The Balaban J connectivity index is 1.67. The molecule has 0 radical (unpaired) electrons. The second-order valence-corrected chi connectivity index (χ2v) is 7.06. The van der Waals surface area contributed by atoms with E-state index in [4.69, 9.17) is 0 Å². The van der Waals surface area contributed by atoms with Gasteiger partial charge in [0.2, 0.25) is 0 Å². The Hall–Kier alpha value is -2.79. The maximum Gasteiger partial charge on any atom is 0.264 e. The average Bonchev–Trinajstić information content (AvgIpc) is 3.09. The van der Waals surface area contributed by atoms with Crippen LogP contribution in [-0.4, -0.2) is 15.6 Å². The van der Waals surface area contributed by atoms with Crippen LogP contribution >= 0.6 is 11.8 Å². The first-order chi connectivity index (χ1) is 12.1. The summed E-state index contributed by atoms with van der Waals surface area (Å²) in [5, 5.41) is 4.59. The molecule has 0 spiro atoms. The number of hydrogen-bond donors (Lipinski definition) is 1. The highest BCUT2D eigenvalue weighted by Gasteiger charge is 2.24. The number of para-hydroxylation sites is 1. The Morgan fingerprint density at radius 2 is 2.00 bits per heavy atom. The van der Waals surface area contributed by atoms with Gasteiger partial charge in [0.05, 0.1) is 10.6 Å². The fraction of sp³-hybridized carbons (Fsp3) is 0.100. The molecule has 1 amide bonds. The highest BCUT2D eigenvalue weighted by Crippen LogP contribution is 2.30. The molecule has 124 valence electrons. The zero-order valence-electron chi connectivity index (χ0n) is 14.0. The smallest absolute Gasteiger partial charge is 0.264 e. The normalized spacial score (nSPS) is 17.6. The molecule has 2 aromatic carbocycles. The van der Waals surface area contributed by atoms with Gasteiger partial charge in [-0.15, -0.1) is 0 Å². The molecule has 5 heteroatoms. The van der Waals surface area contributed by atoms with E-state index in [9.17, 15) is 4.79 Å². The minimum atomic E-state index is -0.107. The van der Waals surface area contributed by atoms with Crippen LogP contribution in [0.5, 0.6) is 0 Å². The van der Waals surface area contributed by atoms with Gasteiger partial charge in [-0.3, -0.25) is 4.79 Å². The molecule has 0 aliphatic carbocycles. The summed E-state index contributed by atoms with van der Waals surface area (Å²) < 4.78 is 2.07. The number of amidine groups is 1. The van der Waals surface area contributed by atoms with Gasteiger partial charge >= 0.3 is 0 Å². The lowest BCUT2D eigenvalue weighted by Gasteiger charge is -1.97. The number of carbonyl (C=O) groups excluding carboxylic acids is 1. The van der Waals surface area contributed by atoms with Crippen molar-refractivity contribution >= 4 is 45.5 Å². The number of carbonyl (C=O) groups is 1. The van der Waals surface area contributed by atoms with Gasteiger partial charge < -0.3 is 9.88 Å². The highest BCUT2D eigenvalue weighted by atomic mass is 32.2. The second-order valence-electron chi connectivity index (χ2n) is 6.03. The molecule has 4 nitrogen and oxygen atoms in total. The lowest BCUT2D eigenvalue weighted by atomic mass is 10.1. The Bertz CT molecular complexity index is 1050. The first-order valence-corrected chi connectivity index (χ1v) is 8.82. The summed E-state index contributed by atoms with van der Waals surface area (Å²) in [6.07, 6.45) is 3.97. The van der Waals surface area contributed by atoms with E-state index in [1.54, 1.807) is 0 Å². The zero-order chi connectivity index (χ0) is 17.4. The van der Waals surface area contributed by atoms with Gasteiger partial charge in [0, 0.05) is 29.7 Å². The number of thioether (sulfide) groups is 1. The molecule has 1 aromatic heterocycles. The molecule has 1 aliphatic heterocycles. The molecule has 4 rings (SSSR count). The van der Waals surface area contributed by atoms with Crippen LogP contribution in [0.1, 0.15) is 11.1 Å². The predicted octanol–water partition coefficient (Wildman–Crippen LogP) is 4.38. The number of fused-ring (bicyclic) bond motifs is 1. The van der Waals surface area contributed by atoms with Crippen molar-refractivity contribution in [1.82, 2.24) is 9.88 Å². The molecular formula is C20H17N3OS.